The molecule has 0 saturated carbocycles. The highest BCUT2D eigenvalue weighted by atomic mass is 19.1. The molecule has 0 heterocycles. The van der Waals surface area contributed by atoms with Gasteiger partial charge in [0, 0.05) is 6.54 Å². The van der Waals surface area contributed by atoms with E-state index in [1.807, 2.05) is 60.7 Å². The normalized spacial score (nSPS) is 10.5. The number of nitrogens with two attached hydrogens (primary N) is 1. The van der Waals surface area contributed by atoms with Crippen LogP contribution in [0.3, 0.4) is 0 Å². The first kappa shape index (κ1) is 15.3. The van der Waals surface area contributed by atoms with Gasteiger partial charge in [-0.2, -0.15) is 0 Å². The Labute approximate surface area is 135 Å². The van der Waals surface area contributed by atoms with Gasteiger partial charge < -0.3 is 10.5 Å². The Balaban J connectivity index is 1.81. The van der Waals surface area contributed by atoms with Gasteiger partial charge in [0.2, 0.25) is 0 Å². The van der Waals surface area contributed by atoms with Crippen molar-refractivity contribution in [3.63, 3.8) is 0 Å². The van der Waals surface area contributed by atoms with Crippen LogP contribution in [-0.4, -0.2) is 0 Å². The molecule has 0 aromatic heterocycles. The molecule has 2 N–H and O–H groups in total. The first-order valence-electron chi connectivity index (χ1n) is 7.51. The molecule has 0 aliphatic heterocycles. The van der Waals surface area contributed by atoms with Crippen molar-refractivity contribution in [3.8, 4) is 16.9 Å². The van der Waals surface area contributed by atoms with Crippen molar-refractivity contribution in [2.75, 3.05) is 0 Å². The Morgan fingerprint density at radius 1 is 0.783 bits per heavy atom. The van der Waals surface area contributed by atoms with E-state index in [1.54, 1.807) is 0 Å². The molecule has 0 saturated heterocycles. The summed E-state index contributed by atoms with van der Waals surface area (Å²) in [5.74, 6) is 0.475. The van der Waals surface area contributed by atoms with Crippen molar-refractivity contribution in [1.29, 1.82) is 0 Å². The number of halogens is 1. The molecule has 23 heavy (non-hydrogen) atoms. The van der Waals surface area contributed by atoms with Crippen molar-refractivity contribution >= 4 is 0 Å². The van der Waals surface area contributed by atoms with Gasteiger partial charge in [-0.3, -0.25) is 0 Å². The van der Waals surface area contributed by atoms with Gasteiger partial charge >= 0.3 is 0 Å². The zero-order valence-electron chi connectivity index (χ0n) is 12.7. The first-order chi connectivity index (χ1) is 11.2. The van der Waals surface area contributed by atoms with Gasteiger partial charge in [0.25, 0.3) is 0 Å². The zero-order valence-corrected chi connectivity index (χ0v) is 12.7. The molecule has 0 aliphatic rings. The second-order valence-electron chi connectivity index (χ2n) is 5.35. The van der Waals surface area contributed by atoms with Crippen LogP contribution in [0.4, 0.5) is 4.39 Å². The molecule has 0 bridgehead atoms. The summed E-state index contributed by atoms with van der Waals surface area (Å²) >= 11 is 0. The molecule has 0 aliphatic carbocycles. The van der Waals surface area contributed by atoms with Gasteiger partial charge in [0.1, 0.15) is 18.2 Å². The standard InChI is InChI=1S/C20H18FNO/c21-19-10-16(13-22)9-18(11-19)17-7-4-8-20(12-17)23-14-15-5-2-1-3-6-15/h1-12H,13-14,22H2. The lowest BCUT2D eigenvalue weighted by Gasteiger charge is -2.09. The molecular weight excluding hydrogens is 289 g/mol. The predicted molar refractivity (Wildman–Crippen MR) is 90.5 cm³/mol. The number of hydrogen-bond acceptors (Lipinski definition) is 2. The third-order valence-electron chi connectivity index (χ3n) is 3.61. The average Bonchev–Trinajstić information content (AvgIpc) is 2.60. The molecule has 0 fully saturated rings. The van der Waals surface area contributed by atoms with E-state index in [-0.39, 0.29) is 5.82 Å². The molecule has 3 aromatic rings. The average molecular weight is 307 g/mol. The molecule has 3 aromatic carbocycles. The number of ether oxygens (including phenoxy) is 1. The maximum absolute atomic E-state index is 13.7. The topological polar surface area (TPSA) is 35.2 Å². The van der Waals surface area contributed by atoms with Gasteiger partial charge in [-0.25, -0.2) is 4.39 Å². The van der Waals surface area contributed by atoms with Gasteiger partial charge in [-0.05, 0) is 52.6 Å². The van der Waals surface area contributed by atoms with E-state index in [1.165, 1.54) is 12.1 Å². The fraction of sp³-hybridized carbons (Fsp3) is 0.100. The summed E-state index contributed by atoms with van der Waals surface area (Å²) in [5, 5.41) is 0. The van der Waals surface area contributed by atoms with Gasteiger partial charge in [-0.15, -0.1) is 0 Å². The number of benzene rings is 3. The summed E-state index contributed by atoms with van der Waals surface area (Å²) in [4.78, 5) is 0. The fourth-order valence-corrected chi connectivity index (χ4v) is 2.44. The smallest absolute Gasteiger partial charge is 0.124 e. The van der Waals surface area contributed by atoms with Crippen LogP contribution in [0, 0.1) is 5.82 Å². The Hall–Kier alpha value is -2.65. The van der Waals surface area contributed by atoms with E-state index < -0.39 is 0 Å². The summed E-state index contributed by atoms with van der Waals surface area (Å²) in [7, 11) is 0. The molecular formula is C20H18FNO. The highest BCUT2D eigenvalue weighted by molar-refractivity contribution is 5.66. The highest BCUT2D eigenvalue weighted by Gasteiger charge is 2.04. The maximum atomic E-state index is 13.7. The molecule has 0 spiro atoms. The minimum absolute atomic E-state index is 0.279. The maximum Gasteiger partial charge on any atom is 0.124 e. The van der Waals surface area contributed by atoms with E-state index in [2.05, 4.69) is 0 Å². The minimum atomic E-state index is -0.279. The molecule has 3 heteroatoms. The van der Waals surface area contributed by atoms with E-state index >= 15 is 0 Å². The van der Waals surface area contributed by atoms with Crippen molar-refractivity contribution in [2.45, 2.75) is 13.2 Å². The second-order valence-corrected chi connectivity index (χ2v) is 5.35. The van der Waals surface area contributed by atoms with Crippen molar-refractivity contribution in [1.82, 2.24) is 0 Å². The lowest BCUT2D eigenvalue weighted by atomic mass is 10.0. The monoisotopic (exact) mass is 307 g/mol. The van der Waals surface area contributed by atoms with Crippen LogP contribution in [0.2, 0.25) is 0 Å². The van der Waals surface area contributed by atoms with E-state index in [0.29, 0.717) is 13.2 Å². The quantitative estimate of drug-likeness (QED) is 0.751. The van der Waals surface area contributed by atoms with Crippen LogP contribution < -0.4 is 10.5 Å². The Morgan fingerprint density at radius 3 is 2.39 bits per heavy atom. The van der Waals surface area contributed by atoms with E-state index in [4.69, 9.17) is 10.5 Å². The lowest BCUT2D eigenvalue weighted by Crippen LogP contribution is -1.98. The summed E-state index contributed by atoms with van der Waals surface area (Å²) in [6.45, 7) is 0.816. The van der Waals surface area contributed by atoms with Crippen LogP contribution in [0.15, 0.2) is 72.8 Å². The van der Waals surface area contributed by atoms with E-state index in [9.17, 15) is 4.39 Å². The van der Waals surface area contributed by atoms with Crippen LogP contribution in [0.1, 0.15) is 11.1 Å². The molecule has 116 valence electrons. The highest BCUT2D eigenvalue weighted by Crippen LogP contribution is 2.26. The Bertz CT molecular complexity index is 787. The van der Waals surface area contributed by atoms with Gasteiger partial charge in [0.05, 0.1) is 0 Å². The third kappa shape index (κ3) is 3.96. The molecule has 0 amide bonds. The van der Waals surface area contributed by atoms with E-state index in [0.717, 1.165) is 28.0 Å². The van der Waals surface area contributed by atoms with Crippen LogP contribution >= 0.6 is 0 Å². The van der Waals surface area contributed by atoms with Crippen molar-refractivity contribution < 1.29 is 9.13 Å². The summed E-state index contributed by atoms with van der Waals surface area (Å²) in [6, 6.07) is 22.5. The molecule has 2 nitrogen and oxygen atoms in total. The summed E-state index contributed by atoms with van der Waals surface area (Å²) in [5.41, 5.74) is 9.20. The summed E-state index contributed by atoms with van der Waals surface area (Å²) < 4.78 is 19.5. The molecule has 0 unspecified atom stereocenters. The lowest BCUT2D eigenvalue weighted by molar-refractivity contribution is 0.306. The second kappa shape index (κ2) is 7.07. The Morgan fingerprint density at radius 2 is 1.61 bits per heavy atom. The van der Waals surface area contributed by atoms with Gasteiger partial charge in [0.15, 0.2) is 0 Å². The minimum Gasteiger partial charge on any atom is -0.489 e. The molecule has 3 rings (SSSR count). The largest absolute Gasteiger partial charge is 0.489 e. The third-order valence-corrected chi connectivity index (χ3v) is 3.61. The first-order valence-corrected chi connectivity index (χ1v) is 7.51. The zero-order chi connectivity index (χ0) is 16.1. The molecule has 0 atom stereocenters. The predicted octanol–water partition coefficient (Wildman–Crippen LogP) is 4.53. The summed E-state index contributed by atoms with van der Waals surface area (Å²) in [6.07, 6.45) is 0. The Kier molecular flexibility index (Phi) is 4.69. The van der Waals surface area contributed by atoms with Crippen LogP contribution in [0.5, 0.6) is 5.75 Å². The van der Waals surface area contributed by atoms with Crippen LogP contribution in [0.25, 0.3) is 11.1 Å². The van der Waals surface area contributed by atoms with Crippen molar-refractivity contribution in [2.24, 2.45) is 5.73 Å². The molecule has 0 radical (unpaired) electrons. The fourth-order valence-electron chi connectivity index (χ4n) is 2.44. The van der Waals surface area contributed by atoms with Crippen molar-refractivity contribution in [3.05, 3.63) is 89.7 Å². The van der Waals surface area contributed by atoms with Gasteiger partial charge in [-0.1, -0.05) is 42.5 Å². The SMILES string of the molecule is NCc1cc(F)cc(-c2cccc(OCc3ccccc3)c2)c1. The number of hydrogen-bond donors (Lipinski definition) is 1. The number of rotatable bonds is 5. The van der Waals surface area contributed by atoms with Crippen LogP contribution in [-0.2, 0) is 13.2 Å².